The molecule has 3 N–H and O–H groups in total. The molecular formula is C16H22Cl3N3O2. The Morgan fingerprint density at radius 3 is 2.62 bits per heavy atom. The number of nitrogens with zero attached hydrogens (tertiary/aromatic N) is 1. The molecule has 0 saturated heterocycles. The summed E-state index contributed by atoms with van der Waals surface area (Å²) in [6.45, 7) is 4.15. The first-order valence-electron chi connectivity index (χ1n) is 7.10. The van der Waals surface area contributed by atoms with Crippen LogP contribution in [0, 0.1) is 0 Å². The molecular weight excluding hydrogens is 373 g/mol. The zero-order valence-electron chi connectivity index (χ0n) is 13.5. The lowest BCUT2D eigenvalue weighted by Gasteiger charge is -2.18. The van der Waals surface area contributed by atoms with Gasteiger partial charge in [-0.2, -0.15) is 0 Å². The van der Waals surface area contributed by atoms with E-state index in [1.54, 1.807) is 12.3 Å². The Morgan fingerprint density at radius 2 is 2.00 bits per heavy atom. The van der Waals surface area contributed by atoms with Crippen molar-refractivity contribution in [1.82, 2.24) is 10.3 Å². The SMILES string of the molecule is CC(C)(N)CNC(=O)CCc1ncc(-c2ccccc2Cl)o1.Cl.Cl. The molecule has 0 fully saturated rings. The summed E-state index contributed by atoms with van der Waals surface area (Å²) < 4.78 is 5.65. The first-order valence-corrected chi connectivity index (χ1v) is 7.48. The summed E-state index contributed by atoms with van der Waals surface area (Å²) in [6.07, 6.45) is 2.36. The van der Waals surface area contributed by atoms with Crippen LogP contribution in [0.4, 0.5) is 0 Å². The first kappa shape index (κ1) is 22.7. The van der Waals surface area contributed by atoms with E-state index in [4.69, 9.17) is 21.8 Å². The molecule has 0 aliphatic carbocycles. The van der Waals surface area contributed by atoms with E-state index in [-0.39, 0.29) is 30.7 Å². The van der Waals surface area contributed by atoms with Crippen molar-refractivity contribution < 1.29 is 9.21 Å². The molecule has 0 aliphatic rings. The van der Waals surface area contributed by atoms with Gasteiger partial charge in [0, 0.05) is 30.5 Å². The molecule has 1 aromatic carbocycles. The van der Waals surface area contributed by atoms with Gasteiger partial charge < -0.3 is 15.5 Å². The normalized spacial score (nSPS) is 10.5. The summed E-state index contributed by atoms with van der Waals surface area (Å²) in [5.74, 6) is 1.04. The third-order valence-corrected chi connectivity index (χ3v) is 3.33. The number of aryl methyl sites for hydroxylation is 1. The van der Waals surface area contributed by atoms with E-state index in [1.807, 2.05) is 32.0 Å². The first-order chi connectivity index (χ1) is 10.3. The molecule has 0 radical (unpaired) electrons. The zero-order valence-corrected chi connectivity index (χ0v) is 15.9. The van der Waals surface area contributed by atoms with E-state index in [0.29, 0.717) is 36.1 Å². The summed E-state index contributed by atoms with van der Waals surface area (Å²) >= 11 is 6.12. The number of oxazole rings is 1. The summed E-state index contributed by atoms with van der Waals surface area (Å²) in [4.78, 5) is 15.9. The average Bonchev–Trinajstić information content (AvgIpc) is 2.91. The molecule has 0 spiro atoms. The lowest BCUT2D eigenvalue weighted by atomic mass is 10.1. The lowest BCUT2D eigenvalue weighted by Crippen LogP contribution is -2.45. The largest absolute Gasteiger partial charge is 0.441 e. The van der Waals surface area contributed by atoms with Crippen molar-refractivity contribution in [3.05, 3.63) is 41.4 Å². The van der Waals surface area contributed by atoms with Crippen molar-refractivity contribution in [3.8, 4) is 11.3 Å². The van der Waals surface area contributed by atoms with Crippen LogP contribution in [0.15, 0.2) is 34.9 Å². The van der Waals surface area contributed by atoms with Gasteiger partial charge in [-0.15, -0.1) is 24.8 Å². The van der Waals surface area contributed by atoms with Crippen LogP contribution in [0.5, 0.6) is 0 Å². The lowest BCUT2D eigenvalue weighted by molar-refractivity contribution is -0.121. The molecule has 0 atom stereocenters. The van der Waals surface area contributed by atoms with Crippen LogP contribution in [0.1, 0.15) is 26.2 Å². The predicted molar refractivity (Wildman–Crippen MR) is 101 cm³/mol. The molecule has 0 bridgehead atoms. The second-order valence-corrected chi connectivity index (χ2v) is 6.27. The quantitative estimate of drug-likeness (QED) is 0.784. The number of nitrogens with one attached hydrogen (secondary N) is 1. The number of amides is 1. The average molecular weight is 395 g/mol. The molecule has 0 unspecified atom stereocenters. The third-order valence-electron chi connectivity index (χ3n) is 3.00. The Balaban J connectivity index is 0.00000264. The van der Waals surface area contributed by atoms with Gasteiger partial charge in [0.05, 0.1) is 11.2 Å². The van der Waals surface area contributed by atoms with Gasteiger partial charge in [0.2, 0.25) is 5.91 Å². The van der Waals surface area contributed by atoms with Crippen LogP contribution < -0.4 is 11.1 Å². The van der Waals surface area contributed by atoms with Crippen molar-refractivity contribution in [2.24, 2.45) is 5.73 Å². The van der Waals surface area contributed by atoms with Gasteiger partial charge in [-0.05, 0) is 26.0 Å². The molecule has 1 amide bonds. The van der Waals surface area contributed by atoms with Crippen LogP contribution in [0.3, 0.4) is 0 Å². The highest BCUT2D eigenvalue weighted by molar-refractivity contribution is 6.33. The molecule has 1 heterocycles. The van der Waals surface area contributed by atoms with Crippen LogP contribution in [-0.2, 0) is 11.2 Å². The van der Waals surface area contributed by atoms with E-state index >= 15 is 0 Å². The Kier molecular flexibility index (Phi) is 9.37. The maximum atomic E-state index is 11.7. The van der Waals surface area contributed by atoms with Gasteiger partial charge in [0.15, 0.2) is 11.7 Å². The van der Waals surface area contributed by atoms with E-state index in [9.17, 15) is 4.79 Å². The second kappa shape index (κ2) is 9.89. The van der Waals surface area contributed by atoms with Crippen LogP contribution in [0.2, 0.25) is 5.02 Å². The van der Waals surface area contributed by atoms with Crippen molar-refractivity contribution in [1.29, 1.82) is 0 Å². The highest BCUT2D eigenvalue weighted by Gasteiger charge is 2.14. The van der Waals surface area contributed by atoms with Crippen molar-refractivity contribution in [3.63, 3.8) is 0 Å². The summed E-state index contributed by atoms with van der Waals surface area (Å²) in [5.41, 5.74) is 6.18. The molecule has 2 rings (SSSR count). The number of nitrogens with two attached hydrogens (primary N) is 1. The smallest absolute Gasteiger partial charge is 0.220 e. The molecule has 24 heavy (non-hydrogen) atoms. The topological polar surface area (TPSA) is 81.1 Å². The second-order valence-electron chi connectivity index (χ2n) is 5.86. The number of hydrogen-bond donors (Lipinski definition) is 2. The summed E-state index contributed by atoms with van der Waals surface area (Å²) in [6, 6.07) is 7.39. The van der Waals surface area contributed by atoms with Crippen molar-refractivity contribution in [2.45, 2.75) is 32.2 Å². The number of carbonyl (C=O) groups excluding carboxylic acids is 1. The van der Waals surface area contributed by atoms with Crippen molar-refractivity contribution >= 4 is 42.3 Å². The molecule has 0 saturated carbocycles. The highest BCUT2D eigenvalue weighted by Crippen LogP contribution is 2.28. The third kappa shape index (κ3) is 7.09. The highest BCUT2D eigenvalue weighted by atomic mass is 35.5. The van der Waals surface area contributed by atoms with Crippen LogP contribution in [-0.4, -0.2) is 23.0 Å². The minimum Gasteiger partial charge on any atom is -0.441 e. The monoisotopic (exact) mass is 393 g/mol. The zero-order chi connectivity index (χ0) is 16.2. The number of hydrogen-bond acceptors (Lipinski definition) is 4. The molecule has 134 valence electrons. The fourth-order valence-electron chi connectivity index (χ4n) is 1.85. The Morgan fingerprint density at radius 1 is 1.33 bits per heavy atom. The summed E-state index contributed by atoms with van der Waals surface area (Å²) in [7, 11) is 0. The van der Waals surface area contributed by atoms with Gasteiger partial charge in [0.25, 0.3) is 0 Å². The van der Waals surface area contributed by atoms with Crippen LogP contribution in [0.25, 0.3) is 11.3 Å². The standard InChI is InChI=1S/C16H20ClN3O2.2ClH/c1-16(2,18)10-20-14(21)7-8-15-19-9-13(22-15)11-5-3-4-6-12(11)17;;/h3-6,9H,7-8,10,18H2,1-2H3,(H,20,21);2*1H. The maximum absolute atomic E-state index is 11.7. The predicted octanol–water partition coefficient (Wildman–Crippen LogP) is 3.62. The molecule has 1 aromatic heterocycles. The number of aromatic nitrogens is 1. The van der Waals surface area contributed by atoms with Crippen LogP contribution >= 0.6 is 36.4 Å². The fourth-order valence-corrected chi connectivity index (χ4v) is 2.08. The van der Waals surface area contributed by atoms with Gasteiger partial charge in [-0.1, -0.05) is 23.7 Å². The molecule has 2 aromatic rings. The maximum Gasteiger partial charge on any atom is 0.220 e. The van der Waals surface area contributed by atoms with E-state index < -0.39 is 5.54 Å². The minimum absolute atomic E-state index is 0. The van der Waals surface area contributed by atoms with Gasteiger partial charge >= 0.3 is 0 Å². The summed E-state index contributed by atoms with van der Waals surface area (Å²) in [5, 5.41) is 3.39. The Bertz CT molecular complexity index is 654. The Hall–Kier alpha value is -1.27. The number of carbonyl (C=O) groups is 1. The number of rotatable bonds is 6. The van der Waals surface area contributed by atoms with E-state index in [0.717, 1.165) is 5.56 Å². The van der Waals surface area contributed by atoms with Gasteiger partial charge in [-0.3, -0.25) is 4.79 Å². The van der Waals surface area contributed by atoms with E-state index in [2.05, 4.69) is 10.3 Å². The number of halogens is 3. The number of benzene rings is 1. The molecule has 0 aliphatic heterocycles. The van der Waals surface area contributed by atoms with Gasteiger partial charge in [0.1, 0.15) is 0 Å². The molecule has 8 heteroatoms. The van der Waals surface area contributed by atoms with E-state index in [1.165, 1.54) is 0 Å². The van der Waals surface area contributed by atoms with Crippen molar-refractivity contribution in [2.75, 3.05) is 6.54 Å². The Labute approximate surface area is 159 Å². The fraction of sp³-hybridized carbons (Fsp3) is 0.375. The minimum atomic E-state index is -0.421. The van der Waals surface area contributed by atoms with Gasteiger partial charge in [-0.25, -0.2) is 4.98 Å². The molecule has 5 nitrogen and oxygen atoms in total.